The fourth-order valence-corrected chi connectivity index (χ4v) is 14.7. The highest BCUT2D eigenvalue weighted by molar-refractivity contribution is 7.00. The third kappa shape index (κ3) is 9.49. The smallest absolute Gasteiger partial charge is 0.252 e. The van der Waals surface area contributed by atoms with E-state index >= 15 is 0 Å². The minimum absolute atomic E-state index is 0.00354. The number of fused-ring (bicyclic) bond motifs is 7. The molecule has 96 heavy (non-hydrogen) atoms. The summed E-state index contributed by atoms with van der Waals surface area (Å²) in [6.07, 6.45) is 0. The number of benzene rings is 14. The summed E-state index contributed by atoms with van der Waals surface area (Å²) in [7, 11) is 0. The Labute approximate surface area is 599 Å². The van der Waals surface area contributed by atoms with Gasteiger partial charge in [-0.05, 0) is 250 Å². The van der Waals surface area contributed by atoms with Crippen molar-refractivity contribution in [1.82, 2.24) is 4.57 Å². The van der Waals surface area contributed by atoms with Crippen molar-refractivity contribution >= 4 is 79.0 Å². The first-order valence-electron chi connectivity index (χ1n) is 44.2. The average Bonchev–Trinajstić information content (AvgIpc) is 1.51. The Morgan fingerprint density at radius 1 is 0.292 bits per heavy atom. The second-order valence-corrected chi connectivity index (χ2v) is 24.8. The summed E-state index contributed by atoms with van der Waals surface area (Å²) >= 11 is 0. The number of aromatic nitrogens is 1. The molecular weight excluding hydrogens is 1160 g/mol. The molecule has 0 aliphatic carbocycles. The van der Waals surface area contributed by atoms with E-state index in [1.807, 2.05) is 76.2 Å². The van der Waals surface area contributed by atoms with Gasteiger partial charge >= 0.3 is 0 Å². The molecule has 0 N–H and O–H groups in total. The summed E-state index contributed by atoms with van der Waals surface area (Å²) in [5.41, 5.74) is 4.58. The summed E-state index contributed by atoms with van der Waals surface area (Å²) in [6.45, 7) is 13.1. The number of anilines is 6. The fraction of sp³-hybridized carbons (Fsp3) is 0.0870. The summed E-state index contributed by atoms with van der Waals surface area (Å²) in [5, 5.41) is -0.313. The molecule has 458 valence electrons. The van der Waals surface area contributed by atoms with E-state index in [9.17, 15) is 31.5 Å². The Hall–Kier alpha value is -11.5. The molecule has 14 aromatic carbocycles. The van der Waals surface area contributed by atoms with Gasteiger partial charge in [0.25, 0.3) is 6.71 Å². The second-order valence-electron chi connectivity index (χ2n) is 24.8. The van der Waals surface area contributed by atoms with Gasteiger partial charge in [0, 0.05) is 56.0 Å². The minimum Gasteiger partial charge on any atom is -0.311 e. The average molecular weight is 1260 g/mol. The zero-order valence-corrected chi connectivity index (χ0v) is 53.7. The molecule has 0 bridgehead atoms. The lowest BCUT2D eigenvalue weighted by Gasteiger charge is -2.45. The Morgan fingerprint density at radius 2 is 0.740 bits per heavy atom. The van der Waals surface area contributed by atoms with Crippen LogP contribution in [0.3, 0.4) is 0 Å². The molecule has 0 radical (unpaired) electrons. The van der Waals surface area contributed by atoms with Gasteiger partial charge < -0.3 is 14.4 Å². The van der Waals surface area contributed by atoms with Crippen molar-refractivity contribution in [3.8, 4) is 83.6 Å². The van der Waals surface area contributed by atoms with Crippen molar-refractivity contribution in [2.75, 3.05) is 9.80 Å². The highest BCUT2D eigenvalue weighted by Crippen LogP contribution is 2.53. The van der Waals surface area contributed by atoms with E-state index in [1.165, 1.54) is 45.9 Å². The number of rotatable bonds is 10. The van der Waals surface area contributed by atoms with Gasteiger partial charge in [0.2, 0.25) is 0 Å². The summed E-state index contributed by atoms with van der Waals surface area (Å²) < 4.78 is 252. The monoisotopic (exact) mass is 1250 g/mol. The van der Waals surface area contributed by atoms with Gasteiger partial charge in [0.1, 0.15) is 0 Å². The summed E-state index contributed by atoms with van der Waals surface area (Å²) in [4.78, 5) is 3.02. The number of hydrogen-bond donors (Lipinski definition) is 0. The number of hydrogen-bond acceptors (Lipinski definition) is 2. The van der Waals surface area contributed by atoms with Crippen LogP contribution >= 0.6 is 0 Å². The summed E-state index contributed by atoms with van der Waals surface area (Å²) in [6, 6.07) is 24.1. The number of aryl methyl sites for hydroxylation is 8. The molecule has 3 nitrogen and oxygen atoms in total. The second kappa shape index (κ2) is 23.2. The SMILES string of the molecule is [2H]c1cccc([2H])c1-c1c([2H])c([2H])c2c(c1[2H])c1c([2H])c(-c3c(C)cccc3C)c([2H])c([2H])c1n2-c1ccc2c(c1)N(c1c(-c3c([2H])c([2H])c([2H])c([2H])c3[2H])cccc1-c1c([2H])c([2H])c([2H])c([2H])c1[2H])c1cc(-c3c(C)cccc3C)cc3c1B2c1c([2H])c(-c2c(C)cccc2C)c([2H])c([2H])c1N3c1c([2H])c([2H])c(-c2c(C)cccc2C)c([2H])c1[2H]. The van der Waals surface area contributed by atoms with E-state index in [0.29, 0.717) is 72.3 Å². The van der Waals surface area contributed by atoms with Crippen LogP contribution in [-0.4, -0.2) is 11.3 Å². The minimum atomic E-state index is -1.42. The number of para-hydroxylation sites is 1. The van der Waals surface area contributed by atoms with E-state index in [1.54, 1.807) is 87.2 Å². The molecule has 0 unspecified atom stereocenters. The molecule has 2 aliphatic heterocycles. The molecule has 17 rings (SSSR count). The Morgan fingerprint density at radius 3 is 1.28 bits per heavy atom. The van der Waals surface area contributed by atoms with Gasteiger partial charge in [-0.15, -0.1) is 0 Å². The van der Waals surface area contributed by atoms with E-state index in [2.05, 4.69) is 0 Å². The van der Waals surface area contributed by atoms with Crippen LogP contribution in [0.2, 0.25) is 0 Å². The normalized spacial score (nSPS) is 16.0. The maximum atomic E-state index is 11.2. The molecule has 4 heteroatoms. The molecule has 2 aliphatic rings. The van der Waals surface area contributed by atoms with Crippen molar-refractivity contribution in [3.63, 3.8) is 0 Å². The molecule has 0 fully saturated rings. The lowest BCUT2D eigenvalue weighted by molar-refractivity contribution is 1.17. The van der Waals surface area contributed by atoms with Crippen molar-refractivity contribution in [3.05, 3.63) is 335 Å². The van der Waals surface area contributed by atoms with Gasteiger partial charge in [0.05, 0.1) is 51.0 Å². The first kappa shape index (κ1) is 37.4. The zero-order valence-electron chi connectivity index (χ0n) is 78.7. The van der Waals surface area contributed by atoms with Gasteiger partial charge in [0.15, 0.2) is 0 Å². The van der Waals surface area contributed by atoms with Gasteiger partial charge in [-0.3, -0.25) is 0 Å². The molecule has 0 saturated heterocycles. The molecule has 0 saturated carbocycles. The largest absolute Gasteiger partial charge is 0.311 e. The van der Waals surface area contributed by atoms with Crippen LogP contribution < -0.4 is 26.2 Å². The van der Waals surface area contributed by atoms with Gasteiger partial charge in [-0.1, -0.05) is 224 Å². The fourth-order valence-electron chi connectivity index (χ4n) is 14.7. The zero-order chi connectivity index (χ0) is 86.8. The highest BCUT2D eigenvalue weighted by Gasteiger charge is 2.45. The quantitative estimate of drug-likeness (QED) is 0.126. The van der Waals surface area contributed by atoms with Gasteiger partial charge in [-0.2, -0.15) is 0 Å². The standard InChI is InChI=1S/C92H72BN3/c1-57-23-18-24-58(2)87(57)68-39-44-73(45-40-68)94-83-50-43-71(89-61(5)27-20-28-62(89)6)53-80(83)93-79-47-46-74(95-81-48-41-69(65-31-12-9-13-32-65)51-77(81)78-52-70(42-49-82(78)95)88-59(3)25-19-26-60(88)4)56-84(79)96(86-55-72(54-85(94)91(86)93)90-63(7)29-21-30-64(90)8)92-75(66-33-14-10-15-34-66)37-22-38-76(92)67-35-16-11-17-36-67/h9-56H,1-8H3/i10D,11D,14D,15D,16D,17D,31D,32D,33D,34D,35D,36D,39D,40D,41D,42D,43D,44D,45D,48D,49D,50D,51D,52D,53D. The maximum Gasteiger partial charge on any atom is 0.252 e. The van der Waals surface area contributed by atoms with E-state index < -0.39 is 150 Å². The predicted octanol–water partition coefficient (Wildman–Crippen LogP) is 23.0. The molecule has 0 amide bonds. The third-order valence-electron chi connectivity index (χ3n) is 18.8. The van der Waals surface area contributed by atoms with Crippen LogP contribution in [0, 0.1) is 55.4 Å². The molecule has 0 spiro atoms. The third-order valence-corrected chi connectivity index (χ3v) is 18.8. The molecule has 15 aromatic rings. The molecule has 1 aromatic heterocycles. The topological polar surface area (TPSA) is 11.4 Å². The van der Waals surface area contributed by atoms with Crippen LogP contribution in [0.1, 0.15) is 78.8 Å². The molecular formula is C92H72BN3. The Kier molecular flexibility index (Phi) is 9.06. The van der Waals surface area contributed by atoms with Crippen LogP contribution in [0.15, 0.2) is 291 Å². The maximum absolute atomic E-state index is 11.2. The van der Waals surface area contributed by atoms with Gasteiger partial charge in [-0.25, -0.2) is 0 Å². The van der Waals surface area contributed by atoms with Crippen LogP contribution in [0.25, 0.3) is 105 Å². The Balaban J connectivity index is 1.14. The van der Waals surface area contributed by atoms with Crippen LogP contribution in [-0.2, 0) is 0 Å². The lowest BCUT2D eigenvalue weighted by Crippen LogP contribution is -2.61. The lowest BCUT2D eigenvalue weighted by atomic mass is 9.33. The van der Waals surface area contributed by atoms with Crippen LogP contribution in [0.5, 0.6) is 0 Å². The first-order valence-corrected chi connectivity index (χ1v) is 31.7. The van der Waals surface area contributed by atoms with E-state index in [4.69, 9.17) is 2.74 Å². The van der Waals surface area contributed by atoms with Crippen molar-refractivity contribution < 1.29 is 34.3 Å². The number of nitrogens with zero attached hydrogens (tertiary/aromatic N) is 3. The van der Waals surface area contributed by atoms with E-state index in [0.717, 1.165) is 0 Å². The van der Waals surface area contributed by atoms with Crippen LogP contribution in [0.4, 0.5) is 34.1 Å². The van der Waals surface area contributed by atoms with Crippen molar-refractivity contribution in [2.24, 2.45) is 0 Å². The van der Waals surface area contributed by atoms with Crippen molar-refractivity contribution in [2.45, 2.75) is 55.4 Å². The molecule has 3 heterocycles. The Bertz CT molecular complexity index is 6830. The molecule has 0 atom stereocenters. The van der Waals surface area contributed by atoms with E-state index in [-0.39, 0.29) is 135 Å². The predicted molar refractivity (Wildman–Crippen MR) is 411 cm³/mol. The van der Waals surface area contributed by atoms with Crippen molar-refractivity contribution in [1.29, 1.82) is 0 Å². The highest BCUT2D eigenvalue weighted by atomic mass is 15.2. The first-order chi connectivity index (χ1) is 57.4. The summed E-state index contributed by atoms with van der Waals surface area (Å²) in [5.74, 6) is 0.